The highest BCUT2D eigenvalue weighted by molar-refractivity contribution is 7.15. The molecule has 0 radical (unpaired) electrons. The first kappa shape index (κ1) is 15.2. The first-order chi connectivity index (χ1) is 11.7. The van der Waals surface area contributed by atoms with E-state index in [-0.39, 0.29) is 11.3 Å². The van der Waals surface area contributed by atoms with Crippen LogP contribution in [-0.4, -0.2) is 21.1 Å². The normalized spacial score (nSPS) is 15.0. The third-order valence-electron chi connectivity index (χ3n) is 4.09. The van der Waals surface area contributed by atoms with Crippen molar-refractivity contribution in [1.29, 1.82) is 0 Å². The van der Waals surface area contributed by atoms with E-state index in [0.717, 1.165) is 17.8 Å². The Bertz CT molecular complexity index is 875. The minimum absolute atomic E-state index is 0.0412. The number of carbonyl (C=O) groups is 1. The molecule has 0 bridgehead atoms. The number of hydrogen-bond donors (Lipinski definition) is 1. The molecule has 0 spiro atoms. The second-order valence-electron chi connectivity index (χ2n) is 5.68. The number of halogens is 1. The fourth-order valence-corrected chi connectivity index (χ4v) is 3.77. The first-order valence-electron chi connectivity index (χ1n) is 7.50. The molecule has 5 nitrogen and oxygen atoms in total. The molecule has 1 aliphatic carbocycles. The quantitative estimate of drug-likeness (QED) is 0.769. The van der Waals surface area contributed by atoms with E-state index in [4.69, 9.17) is 11.6 Å². The molecule has 24 heavy (non-hydrogen) atoms. The molecule has 0 atom stereocenters. The molecule has 0 aliphatic heterocycles. The summed E-state index contributed by atoms with van der Waals surface area (Å²) < 4.78 is 0. The van der Waals surface area contributed by atoms with Crippen molar-refractivity contribution in [2.45, 2.75) is 18.3 Å². The van der Waals surface area contributed by atoms with E-state index in [1.165, 1.54) is 23.1 Å². The lowest BCUT2D eigenvalue weighted by molar-refractivity contribution is 0.102. The highest BCUT2D eigenvalue weighted by Crippen LogP contribution is 2.54. The van der Waals surface area contributed by atoms with Gasteiger partial charge in [0.1, 0.15) is 10.7 Å². The molecule has 4 rings (SSSR count). The van der Waals surface area contributed by atoms with E-state index in [9.17, 15) is 4.79 Å². The van der Waals surface area contributed by atoms with Crippen molar-refractivity contribution >= 4 is 34.0 Å². The molecule has 2 aromatic heterocycles. The second-order valence-corrected chi connectivity index (χ2v) is 7.09. The average molecular weight is 357 g/mol. The molecule has 1 fully saturated rings. The van der Waals surface area contributed by atoms with Crippen LogP contribution in [0.2, 0.25) is 5.02 Å². The summed E-state index contributed by atoms with van der Waals surface area (Å²) in [6, 6.07) is 13.5. The third kappa shape index (κ3) is 2.79. The number of amides is 1. The maximum atomic E-state index is 12.2. The highest BCUT2D eigenvalue weighted by atomic mass is 35.5. The van der Waals surface area contributed by atoms with E-state index in [1.807, 2.05) is 18.2 Å². The average Bonchev–Trinajstić information content (AvgIpc) is 3.30. The van der Waals surface area contributed by atoms with Gasteiger partial charge in [-0.15, -0.1) is 10.2 Å². The molecular weight excluding hydrogens is 344 g/mol. The summed E-state index contributed by atoms with van der Waals surface area (Å²) in [4.78, 5) is 16.2. The number of pyridine rings is 1. The minimum atomic E-state index is -0.320. The lowest BCUT2D eigenvalue weighted by Gasteiger charge is -2.11. The lowest BCUT2D eigenvalue weighted by Crippen LogP contribution is -2.13. The van der Waals surface area contributed by atoms with Gasteiger partial charge in [-0.05, 0) is 30.5 Å². The Labute approximate surface area is 147 Å². The molecular formula is C17H13ClN4OS. The molecule has 0 saturated heterocycles. The summed E-state index contributed by atoms with van der Waals surface area (Å²) in [6.07, 6.45) is 3.55. The van der Waals surface area contributed by atoms with Gasteiger partial charge in [-0.1, -0.05) is 53.3 Å². The van der Waals surface area contributed by atoms with Crippen LogP contribution in [-0.2, 0) is 5.41 Å². The van der Waals surface area contributed by atoms with Gasteiger partial charge in [0, 0.05) is 11.6 Å². The van der Waals surface area contributed by atoms with Crippen molar-refractivity contribution in [3.8, 4) is 0 Å². The minimum Gasteiger partial charge on any atom is -0.295 e. The van der Waals surface area contributed by atoms with Gasteiger partial charge in [0.25, 0.3) is 5.91 Å². The van der Waals surface area contributed by atoms with Crippen LogP contribution in [0.4, 0.5) is 5.13 Å². The highest BCUT2D eigenvalue weighted by Gasteiger charge is 2.48. The number of nitrogens with one attached hydrogen (secondary N) is 1. The number of rotatable bonds is 4. The largest absolute Gasteiger partial charge is 0.295 e. The zero-order valence-electron chi connectivity index (χ0n) is 12.6. The molecule has 0 unspecified atom stereocenters. The fourth-order valence-electron chi connectivity index (χ4n) is 2.65. The van der Waals surface area contributed by atoms with Gasteiger partial charge in [0.05, 0.1) is 5.02 Å². The number of nitrogens with zero attached hydrogens (tertiary/aromatic N) is 3. The number of benzene rings is 1. The van der Waals surface area contributed by atoms with Crippen molar-refractivity contribution in [3.05, 3.63) is 69.9 Å². The molecule has 3 aromatic rings. The summed E-state index contributed by atoms with van der Waals surface area (Å²) in [5, 5.41) is 13.1. The van der Waals surface area contributed by atoms with Crippen LogP contribution in [0.3, 0.4) is 0 Å². The number of carbonyl (C=O) groups excluding carboxylic acids is 1. The molecule has 120 valence electrons. The smallest absolute Gasteiger partial charge is 0.276 e. The Morgan fingerprint density at radius 1 is 1.12 bits per heavy atom. The van der Waals surface area contributed by atoms with Crippen LogP contribution >= 0.6 is 22.9 Å². The van der Waals surface area contributed by atoms with Crippen molar-refractivity contribution < 1.29 is 4.79 Å². The number of anilines is 1. The van der Waals surface area contributed by atoms with Crippen molar-refractivity contribution in [2.24, 2.45) is 0 Å². The Kier molecular flexibility index (Phi) is 3.78. The Morgan fingerprint density at radius 3 is 2.58 bits per heavy atom. The number of aromatic nitrogens is 3. The molecule has 2 heterocycles. The van der Waals surface area contributed by atoms with Crippen molar-refractivity contribution in [1.82, 2.24) is 15.2 Å². The maximum absolute atomic E-state index is 12.2. The Hall–Kier alpha value is -2.31. The van der Waals surface area contributed by atoms with Crippen LogP contribution < -0.4 is 5.32 Å². The van der Waals surface area contributed by atoms with E-state index >= 15 is 0 Å². The summed E-state index contributed by atoms with van der Waals surface area (Å²) in [5.74, 6) is -0.320. The van der Waals surface area contributed by atoms with Gasteiger partial charge in [-0.2, -0.15) is 0 Å². The predicted octanol–water partition coefficient (Wildman–Crippen LogP) is 3.92. The van der Waals surface area contributed by atoms with E-state index < -0.39 is 0 Å². The van der Waals surface area contributed by atoms with Crippen LogP contribution in [0.15, 0.2) is 48.7 Å². The summed E-state index contributed by atoms with van der Waals surface area (Å²) in [6.45, 7) is 0. The van der Waals surface area contributed by atoms with Crippen LogP contribution in [0.25, 0.3) is 0 Å². The Balaban J connectivity index is 1.53. The Morgan fingerprint density at radius 2 is 1.92 bits per heavy atom. The molecule has 1 aromatic carbocycles. The second kappa shape index (κ2) is 5.96. The summed E-state index contributed by atoms with van der Waals surface area (Å²) >= 11 is 7.20. The SMILES string of the molecule is O=C(Nc1nnc(C2(c3ccccc3)CC2)s1)c1ccc(Cl)cn1. The van der Waals surface area contributed by atoms with Crippen molar-refractivity contribution in [3.63, 3.8) is 0 Å². The fraction of sp³-hybridized carbons (Fsp3) is 0.176. The molecule has 1 aliphatic rings. The van der Waals surface area contributed by atoms with Gasteiger partial charge in [0.15, 0.2) is 0 Å². The first-order valence-corrected chi connectivity index (χ1v) is 8.69. The van der Waals surface area contributed by atoms with Crippen LogP contribution in [0.1, 0.15) is 33.9 Å². The molecule has 1 amide bonds. The van der Waals surface area contributed by atoms with Crippen LogP contribution in [0.5, 0.6) is 0 Å². The van der Waals surface area contributed by atoms with Crippen molar-refractivity contribution in [2.75, 3.05) is 5.32 Å². The van der Waals surface area contributed by atoms with E-state index in [1.54, 1.807) is 12.1 Å². The zero-order chi connectivity index (χ0) is 16.6. The van der Waals surface area contributed by atoms with Gasteiger partial charge >= 0.3 is 0 Å². The monoisotopic (exact) mass is 356 g/mol. The zero-order valence-corrected chi connectivity index (χ0v) is 14.1. The van der Waals surface area contributed by atoms with Crippen LogP contribution in [0, 0.1) is 0 Å². The summed E-state index contributed by atoms with van der Waals surface area (Å²) in [7, 11) is 0. The van der Waals surface area contributed by atoms with Gasteiger partial charge in [-0.3, -0.25) is 10.1 Å². The standard InChI is InChI=1S/C17H13ClN4OS/c18-12-6-7-13(19-10-12)14(23)20-16-22-21-15(24-16)17(8-9-17)11-4-2-1-3-5-11/h1-7,10H,8-9H2,(H,20,22,23). The van der Waals surface area contributed by atoms with E-state index in [0.29, 0.717) is 15.8 Å². The van der Waals surface area contributed by atoms with E-state index in [2.05, 4.69) is 32.6 Å². The summed E-state index contributed by atoms with van der Waals surface area (Å²) in [5.41, 5.74) is 1.50. The topological polar surface area (TPSA) is 67.8 Å². The lowest BCUT2D eigenvalue weighted by atomic mass is 9.97. The molecule has 1 saturated carbocycles. The molecule has 1 N–H and O–H groups in total. The number of hydrogen-bond acceptors (Lipinski definition) is 5. The van der Waals surface area contributed by atoms with Gasteiger partial charge in [0.2, 0.25) is 5.13 Å². The predicted molar refractivity (Wildman–Crippen MR) is 93.6 cm³/mol. The third-order valence-corrected chi connectivity index (χ3v) is 5.36. The molecule has 7 heteroatoms. The maximum Gasteiger partial charge on any atom is 0.276 e. The van der Waals surface area contributed by atoms with Gasteiger partial charge < -0.3 is 0 Å². The van der Waals surface area contributed by atoms with Gasteiger partial charge in [-0.25, -0.2) is 4.98 Å².